The van der Waals surface area contributed by atoms with E-state index < -0.39 is 0 Å². The van der Waals surface area contributed by atoms with Crippen LogP contribution in [-0.4, -0.2) is 5.88 Å². The molecule has 0 aliphatic rings. The van der Waals surface area contributed by atoms with Crippen molar-refractivity contribution in [3.63, 3.8) is 0 Å². The van der Waals surface area contributed by atoms with E-state index in [0.717, 1.165) is 12.0 Å². The summed E-state index contributed by atoms with van der Waals surface area (Å²) >= 11 is 5.60. The topological polar surface area (TPSA) is 0 Å². The van der Waals surface area contributed by atoms with E-state index in [1.54, 1.807) is 0 Å². The molecular weight excluding hydrogens is 156 g/mol. The van der Waals surface area contributed by atoms with Crippen molar-refractivity contribution >= 4 is 11.6 Å². The minimum atomic E-state index is 0.550. The van der Waals surface area contributed by atoms with Crippen LogP contribution in [0.1, 0.15) is 5.56 Å². The molecule has 0 spiro atoms. The van der Waals surface area contributed by atoms with Crippen LogP contribution in [0.4, 0.5) is 0 Å². The number of alkyl halides is 1. The third kappa shape index (κ3) is 2.77. The number of rotatable bonds is 3. The SMILES string of the molecule is C=C(CCl)Cc1ccccc1. The van der Waals surface area contributed by atoms with Crippen LogP contribution in [0.25, 0.3) is 0 Å². The van der Waals surface area contributed by atoms with Gasteiger partial charge < -0.3 is 0 Å². The van der Waals surface area contributed by atoms with Gasteiger partial charge in [0.05, 0.1) is 0 Å². The lowest BCUT2D eigenvalue weighted by molar-refractivity contribution is 1.16. The van der Waals surface area contributed by atoms with Crippen molar-refractivity contribution in [3.05, 3.63) is 48.0 Å². The van der Waals surface area contributed by atoms with E-state index in [1.165, 1.54) is 5.56 Å². The highest BCUT2D eigenvalue weighted by molar-refractivity contribution is 6.19. The van der Waals surface area contributed by atoms with Crippen molar-refractivity contribution < 1.29 is 0 Å². The van der Waals surface area contributed by atoms with Crippen LogP contribution < -0.4 is 0 Å². The number of benzene rings is 1. The van der Waals surface area contributed by atoms with Gasteiger partial charge in [0.2, 0.25) is 0 Å². The van der Waals surface area contributed by atoms with E-state index >= 15 is 0 Å². The van der Waals surface area contributed by atoms with Crippen molar-refractivity contribution in [2.24, 2.45) is 0 Å². The molecule has 0 aliphatic heterocycles. The Morgan fingerprint density at radius 2 is 1.91 bits per heavy atom. The Balaban J connectivity index is 2.58. The van der Waals surface area contributed by atoms with Crippen LogP contribution in [0, 0.1) is 0 Å². The van der Waals surface area contributed by atoms with Crippen molar-refractivity contribution in [3.8, 4) is 0 Å². The highest BCUT2D eigenvalue weighted by atomic mass is 35.5. The van der Waals surface area contributed by atoms with Gasteiger partial charge in [0.25, 0.3) is 0 Å². The maximum atomic E-state index is 5.60. The Morgan fingerprint density at radius 3 is 2.45 bits per heavy atom. The second kappa shape index (κ2) is 4.20. The van der Waals surface area contributed by atoms with Gasteiger partial charge in [-0.05, 0) is 12.0 Å². The third-order valence-electron chi connectivity index (χ3n) is 1.49. The largest absolute Gasteiger partial charge is 0.122 e. The molecular formula is C10H11Cl. The Labute approximate surface area is 72.5 Å². The second-order valence-electron chi connectivity index (χ2n) is 2.55. The summed E-state index contributed by atoms with van der Waals surface area (Å²) in [6.07, 6.45) is 0.893. The fourth-order valence-electron chi connectivity index (χ4n) is 0.932. The van der Waals surface area contributed by atoms with Crippen molar-refractivity contribution in [1.82, 2.24) is 0 Å². The molecule has 0 amide bonds. The van der Waals surface area contributed by atoms with Gasteiger partial charge in [0, 0.05) is 5.88 Å². The molecule has 0 N–H and O–H groups in total. The monoisotopic (exact) mass is 166 g/mol. The van der Waals surface area contributed by atoms with Crippen LogP contribution >= 0.6 is 11.6 Å². The summed E-state index contributed by atoms with van der Waals surface area (Å²) in [6, 6.07) is 10.2. The number of hydrogen-bond donors (Lipinski definition) is 0. The van der Waals surface area contributed by atoms with E-state index in [0.29, 0.717) is 5.88 Å². The van der Waals surface area contributed by atoms with Gasteiger partial charge in [-0.3, -0.25) is 0 Å². The van der Waals surface area contributed by atoms with E-state index in [1.807, 2.05) is 18.2 Å². The lowest BCUT2D eigenvalue weighted by Gasteiger charge is -1.99. The summed E-state index contributed by atoms with van der Waals surface area (Å²) in [5, 5.41) is 0. The lowest BCUT2D eigenvalue weighted by Crippen LogP contribution is -1.88. The first-order chi connectivity index (χ1) is 5.33. The maximum absolute atomic E-state index is 5.60. The standard InChI is InChI=1S/C10H11Cl/c1-9(8-11)7-10-5-3-2-4-6-10/h2-6H,1,7-8H2. The molecule has 0 heterocycles. The lowest BCUT2D eigenvalue weighted by atomic mass is 10.1. The van der Waals surface area contributed by atoms with Gasteiger partial charge in [-0.1, -0.05) is 42.5 Å². The highest BCUT2D eigenvalue weighted by Gasteiger charge is 1.93. The zero-order valence-electron chi connectivity index (χ0n) is 6.39. The zero-order chi connectivity index (χ0) is 8.10. The summed E-state index contributed by atoms with van der Waals surface area (Å²) < 4.78 is 0. The van der Waals surface area contributed by atoms with Gasteiger partial charge in [-0.2, -0.15) is 0 Å². The van der Waals surface area contributed by atoms with Gasteiger partial charge in [-0.25, -0.2) is 0 Å². The second-order valence-corrected chi connectivity index (χ2v) is 2.81. The molecule has 1 aromatic rings. The van der Waals surface area contributed by atoms with E-state index in [-0.39, 0.29) is 0 Å². The van der Waals surface area contributed by atoms with E-state index in [2.05, 4.69) is 18.7 Å². The fourth-order valence-corrected chi connectivity index (χ4v) is 1.03. The minimum absolute atomic E-state index is 0.550. The number of hydrogen-bond acceptors (Lipinski definition) is 0. The van der Waals surface area contributed by atoms with E-state index in [9.17, 15) is 0 Å². The first-order valence-electron chi connectivity index (χ1n) is 3.59. The molecule has 0 bridgehead atoms. The summed E-state index contributed by atoms with van der Waals surface area (Å²) in [5.41, 5.74) is 2.34. The molecule has 0 aliphatic carbocycles. The average molecular weight is 167 g/mol. The van der Waals surface area contributed by atoms with Crippen LogP contribution in [0.2, 0.25) is 0 Å². The molecule has 0 radical (unpaired) electrons. The normalized spacial score (nSPS) is 9.55. The number of halogens is 1. The van der Waals surface area contributed by atoms with Gasteiger partial charge in [-0.15, -0.1) is 11.6 Å². The van der Waals surface area contributed by atoms with E-state index in [4.69, 9.17) is 11.6 Å². The smallest absolute Gasteiger partial charge is 0.0434 e. The van der Waals surface area contributed by atoms with Gasteiger partial charge in [0.15, 0.2) is 0 Å². The Morgan fingerprint density at radius 1 is 1.27 bits per heavy atom. The Kier molecular flexibility index (Phi) is 3.18. The predicted octanol–water partition coefficient (Wildman–Crippen LogP) is 3.02. The van der Waals surface area contributed by atoms with Crippen LogP contribution in [0.5, 0.6) is 0 Å². The van der Waals surface area contributed by atoms with Gasteiger partial charge >= 0.3 is 0 Å². The molecule has 0 aromatic heterocycles. The molecule has 0 fully saturated rings. The van der Waals surface area contributed by atoms with Crippen LogP contribution in [0.3, 0.4) is 0 Å². The molecule has 0 saturated heterocycles. The molecule has 0 nitrogen and oxygen atoms in total. The van der Waals surface area contributed by atoms with Crippen molar-refractivity contribution in [1.29, 1.82) is 0 Å². The van der Waals surface area contributed by atoms with Crippen molar-refractivity contribution in [2.75, 3.05) is 5.88 Å². The summed E-state index contributed by atoms with van der Waals surface area (Å²) in [7, 11) is 0. The van der Waals surface area contributed by atoms with Crippen LogP contribution in [0.15, 0.2) is 42.5 Å². The Bertz CT molecular complexity index is 226. The molecule has 0 atom stereocenters. The molecule has 11 heavy (non-hydrogen) atoms. The minimum Gasteiger partial charge on any atom is -0.122 e. The highest BCUT2D eigenvalue weighted by Crippen LogP contribution is 2.06. The molecule has 1 aromatic carbocycles. The molecule has 58 valence electrons. The summed E-state index contributed by atoms with van der Waals surface area (Å²) in [4.78, 5) is 0. The van der Waals surface area contributed by atoms with Crippen LogP contribution in [-0.2, 0) is 6.42 Å². The quantitative estimate of drug-likeness (QED) is 0.479. The average Bonchev–Trinajstić information content (AvgIpc) is 2.06. The number of allylic oxidation sites excluding steroid dienone is 1. The third-order valence-corrected chi connectivity index (χ3v) is 1.86. The first-order valence-corrected chi connectivity index (χ1v) is 4.13. The predicted molar refractivity (Wildman–Crippen MR) is 50.0 cm³/mol. The first kappa shape index (κ1) is 8.35. The fraction of sp³-hybridized carbons (Fsp3) is 0.200. The zero-order valence-corrected chi connectivity index (χ0v) is 7.14. The Hall–Kier alpha value is -0.750. The molecule has 0 unspecified atom stereocenters. The molecule has 1 rings (SSSR count). The summed E-state index contributed by atoms with van der Waals surface area (Å²) in [6.45, 7) is 3.84. The maximum Gasteiger partial charge on any atom is 0.0434 e. The van der Waals surface area contributed by atoms with Gasteiger partial charge in [0.1, 0.15) is 0 Å². The molecule has 1 heteroatoms. The molecule has 0 saturated carbocycles. The van der Waals surface area contributed by atoms with Crippen molar-refractivity contribution in [2.45, 2.75) is 6.42 Å². The summed E-state index contributed by atoms with van der Waals surface area (Å²) in [5.74, 6) is 0.550.